The molecule has 0 saturated carbocycles. The van der Waals surface area contributed by atoms with Crippen LogP contribution in [0, 0.1) is 0 Å². The van der Waals surface area contributed by atoms with E-state index in [-0.39, 0.29) is 16.2 Å². The molecule has 0 N–H and O–H groups in total. The summed E-state index contributed by atoms with van der Waals surface area (Å²) in [6.45, 7) is 0.847. The standard InChI is InChI=1S/C34H27NOS/c1-4-14-25(15-5-1)24-35-32(26-16-6-2-7-17-26)34(37-33(35)27-18-8-3-9-19-27)28-20-10-12-22-30(28)36-31-23-13-11-21-29(31)34/h1-23,32-33H,24H2. The highest BCUT2D eigenvalue weighted by Crippen LogP contribution is 2.70. The molecule has 2 atom stereocenters. The number of fused-ring (bicyclic) bond motifs is 4. The van der Waals surface area contributed by atoms with Crippen LogP contribution in [0.3, 0.4) is 0 Å². The molecule has 2 heterocycles. The molecule has 180 valence electrons. The van der Waals surface area contributed by atoms with E-state index < -0.39 is 0 Å². The molecule has 37 heavy (non-hydrogen) atoms. The van der Waals surface area contributed by atoms with E-state index >= 15 is 0 Å². The average molecular weight is 498 g/mol. The second kappa shape index (κ2) is 9.26. The molecule has 5 aromatic rings. The Morgan fingerprint density at radius 3 is 1.65 bits per heavy atom. The SMILES string of the molecule is c1ccc(CN2C(c3ccccc3)SC3(c4ccccc4Oc4ccccc43)C2c2ccccc2)cc1. The molecular weight excluding hydrogens is 470 g/mol. The van der Waals surface area contributed by atoms with Crippen LogP contribution in [-0.2, 0) is 11.3 Å². The van der Waals surface area contributed by atoms with Crippen molar-refractivity contribution >= 4 is 11.8 Å². The summed E-state index contributed by atoms with van der Waals surface area (Å²) < 4.78 is 6.17. The van der Waals surface area contributed by atoms with Crippen molar-refractivity contribution in [2.75, 3.05) is 0 Å². The van der Waals surface area contributed by atoms with Gasteiger partial charge < -0.3 is 4.74 Å². The summed E-state index contributed by atoms with van der Waals surface area (Å²) in [6.07, 6.45) is 0. The van der Waals surface area contributed by atoms with Gasteiger partial charge in [-0.3, -0.25) is 4.90 Å². The molecular formula is C34H27NOS. The molecule has 0 aromatic heterocycles. The molecule has 7 rings (SSSR count). The molecule has 5 aromatic carbocycles. The summed E-state index contributed by atoms with van der Waals surface area (Å²) in [7, 11) is 0. The number of para-hydroxylation sites is 2. The van der Waals surface area contributed by atoms with Crippen molar-refractivity contribution < 1.29 is 4.74 Å². The molecule has 0 bridgehead atoms. The van der Waals surface area contributed by atoms with Gasteiger partial charge in [0, 0.05) is 17.7 Å². The van der Waals surface area contributed by atoms with E-state index in [0.717, 1.165) is 18.0 Å². The maximum atomic E-state index is 6.51. The van der Waals surface area contributed by atoms with Crippen molar-refractivity contribution in [3.8, 4) is 11.5 Å². The lowest BCUT2D eigenvalue weighted by atomic mass is 9.78. The van der Waals surface area contributed by atoms with Crippen LogP contribution >= 0.6 is 11.8 Å². The van der Waals surface area contributed by atoms with Gasteiger partial charge in [-0.2, -0.15) is 0 Å². The minimum absolute atomic E-state index is 0.0929. The monoisotopic (exact) mass is 497 g/mol. The normalized spacial score (nSPS) is 19.7. The van der Waals surface area contributed by atoms with Crippen LogP contribution in [-0.4, -0.2) is 4.90 Å². The number of rotatable bonds is 4. The Bertz CT molecular complexity index is 1470. The first-order valence-corrected chi connectivity index (χ1v) is 13.7. The average Bonchev–Trinajstić information content (AvgIpc) is 3.30. The van der Waals surface area contributed by atoms with Crippen molar-refractivity contribution in [1.82, 2.24) is 4.90 Å². The first kappa shape index (κ1) is 22.4. The van der Waals surface area contributed by atoms with Gasteiger partial charge >= 0.3 is 0 Å². The van der Waals surface area contributed by atoms with E-state index in [1.54, 1.807) is 0 Å². The summed E-state index contributed by atoms with van der Waals surface area (Å²) in [5.74, 6) is 1.89. The van der Waals surface area contributed by atoms with Gasteiger partial charge in [0.15, 0.2) is 0 Å². The van der Waals surface area contributed by atoms with E-state index in [1.165, 1.54) is 27.8 Å². The fourth-order valence-electron chi connectivity index (χ4n) is 5.99. The van der Waals surface area contributed by atoms with Crippen molar-refractivity contribution in [3.05, 3.63) is 167 Å². The lowest BCUT2D eigenvalue weighted by Gasteiger charge is -2.42. The van der Waals surface area contributed by atoms with Crippen LogP contribution in [0.2, 0.25) is 0 Å². The van der Waals surface area contributed by atoms with Gasteiger partial charge in [-0.05, 0) is 28.8 Å². The van der Waals surface area contributed by atoms with Gasteiger partial charge in [-0.25, -0.2) is 0 Å². The van der Waals surface area contributed by atoms with Crippen molar-refractivity contribution in [1.29, 1.82) is 0 Å². The van der Waals surface area contributed by atoms with E-state index in [4.69, 9.17) is 4.74 Å². The summed E-state index contributed by atoms with van der Waals surface area (Å²) in [6, 6.07) is 50.2. The Balaban J connectivity index is 1.52. The van der Waals surface area contributed by atoms with Crippen LogP contribution in [0.4, 0.5) is 0 Å². The molecule has 0 amide bonds. The third-order valence-corrected chi connectivity index (χ3v) is 9.32. The second-order valence-electron chi connectivity index (χ2n) is 9.68. The fraction of sp³-hybridized carbons (Fsp3) is 0.118. The van der Waals surface area contributed by atoms with Gasteiger partial charge in [0.1, 0.15) is 11.5 Å². The van der Waals surface area contributed by atoms with Gasteiger partial charge in [0.05, 0.1) is 16.2 Å². The highest BCUT2D eigenvalue weighted by Gasteiger charge is 2.59. The number of ether oxygens (including phenoxy) is 1. The predicted molar refractivity (Wildman–Crippen MR) is 152 cm³/mol. The number of thioether (sulfide) groups is 1. The molecule has 3 heteroatoms. The van der Waals surface area contributed by atoms with E-state index in [1.807, 2.05) is 11.8 Å². The van der Waals surface area contributed by atoms with E-state index in [9.17, 15) is 0 Å². The van der Waals surface area contributed by atoms with Gasteiger partial charge in [-0.15, -0.1) is 11.8 Å². The van der Waals surface area contributed by atoms with Crippen molar-refractivity contribution in [2.24, 2.45) is 0 Å². The summed E-state index contributed by atoms with van der Waals surface area (Å²) in [4.78, 5) is 2.70. The maximum absolute atomic E-state index is 6.51. The Hall–Kier alpha value is -3.79. The first-order chi connectivity index (χ1) is 18.3. The molecule has 1 spiro atoms. The molecule has 1 saturated heterocycles. The minimum atomic E-state index is -0.345. The quantitative estimate of drug-likeness (QED) is 0.246. The molecule has 1 fully saturated rings. The third kappa shape index (κ3) is 3.69. The smallest absolute Gasteiger partial charge is 0.132 e. The van der Waals surface area contributed by atoms with E-state index in [0.29, 0.717) is 0 Å². The molecule has 0 aliphatic carbocycles. The third-order valence-electron chi connectivity index (χ3n) is 7.52. The number of nitrogens with zero attached hydrogens (tertiary/aromatic N) is 1. The second-order valence-corrected chi connectivity index (χ2v) is 11.0. The predicted octanol–water partition coefficient (Wildman–Crippen LogP) is 8.73. The highest BCUT2D eigenvalue weighted by atomic mass is 32.2. The summed E-state index contributed by atoms with van der Waals surface area (Å²) in [5, 5.41) is 0.158. The van der Waals surface area contributed by atoms with Gasteiger partial charge in [0.25, 0.3) is 0 Å². The number of hydrogen-bond acceptors (Lipinski definition) is 3. The summed E-state index contributed by atoms with van der Waals surface area (Å²) in [5.41, 5.74) is 6.43. The lowest BCUT2D eigenvalue weighted by Crippen LogP contribution is -2.37. The Labute approximate surface area is 222 Å². The largest absolute Gasteiger partial charge is 0.457 e. The van der Waals surface area contributed by atoms with Crippen LogP contribution in [0.1, 0.15) is 39.2 Å². The number of hydrogen-bond donors (Lipinski definition) is 0. The Morgan fingerprint density at radius 1 is 0.568 bits per heavy atom. The minimum Gasteiger partial charge on any atom is -0.457 e. The molecule has 0 radical (unpaired) electrons. The summed E-state index contributed by atoms with van der Waals surface area (Å²) >= 11 is 2.05. The van der Waals surface area contributed by atoms with Crippen LogP contribution in [0.25, 0.3) is 0 Å². The van der Waals surface area contributed by atoms with Crippen LogP contribution in [0.5, 0.6) is 11.5 Å². The topological polar surface area (TPSA) is 12.5 Å². The zero-order valence-corrected chi connectivity index (χ0v) is 21.2. The fourth-order valence-corrected chi connectivity index (χ4v) is 7.96. The van der Waals surface area contributed by atoms with Gasteiger partial charge in [-0.1, -0.05) is 127 Å². The maximum Gasteiger partial charge on any atom is 0.132 e. The molecule has 2 nitrogen and oxygen atoms in total. The zero-order chi connectivity index (χ0) is 24.7. The molecule has 2 aliphatic heterocycles. The first-order valence-electron chi connectivity index (χ1n) is 12.8. The van der Waals surface area contributed by atoms with Gasteiger partial charge in [0.2, 0.25) is 0 Å². The van der Waals surface area contributed by atoms with Crippen LogP contribution < -0.4 is 4.74 Å². The molecule has 2 aliphatic rings. The Morgan fingerprint density at radius 2 is 1.05 bits per heavy atom. The van der Waals surface area contributed by atoms with Crippen molar-refractivity contribution in [2.45, 2.75) is 22.7 Å². The lowest BCUT2D eigenvalue weighted by molar-refractivity contribution is 0.168. The highest BCUT2D eigenvalue weighted by molar-refractivity contribution is 8.00. The Kier molecular flexibility index (Phi) is 5.61. The zero-order valence-electron chi connectivity index (χ0n) is 20.4. The van der Waals surface area contributed by atoms with Crippen LogP contribution in [0.15, 0.2) is 140 Å². The number of benzene rings is 5. The van der Waals surface area contributed by atoms with E-state index in [2.05, 4.69) is 144 Å². The molecule has 2 unspecified atom stereocenters. The van der Waals surface area contributed by atoms with Crippen molar-refractivity contribution in [3.63, 3.8) is 0 Å².